The summed E-state index contributed by atoms with van der Waals surface area (Å²) in [5, 5.41) is 5.48. The molecule has 4 heteroatoms. The highest BCUT2D eigenvalue weighted by Crippen LogP contribution is 2.19. The van der Waals surface area contributed by atoms with Gasteiger partial charge in [0.05, 0.1) is 12.7 Å². The summed E-state index contributed by atoms with van der Waals surface area (Å²) >= 11 is 3.43. The normalized spacial score (nSPS) is 11.4. The monoisotopic (exact) mass is 329 g/mol. The highest BCUT2D eigenvalue weighted by atomic mass is 79.9. The number of fused-ring (bicyclic) bond motifs is 1. The Morgan fingerprint density at radius 1 is 1.15 bits per heavy atom. The van der Waals surface area contributed by atoms with Crippen molar-refractivity contribution < 1.29 is 0 Å². The standard InChI is InChI=1S/C16H16BrN3/c1-11(2)13-5-3-12(4-6-13)10-20-16-14(8-19-20)7-15(17)9-18-16/h3-9,11H,10H2,1-2H3. The highest BCUT2D eigenvalue weighted by molar-refractivity contribution is 9.10. The maximum atomic E-state index is 4.44. The van der Waals surface area contributed by atoms with Crippen molar-refractivity contribution in [3.8, 4) is 0 Å². The molecule has 0 amide bonds. The van der Waals surface area contributed by atoms with E-state index in [1.807, 2.05) is 23.1 Å². The third-order valence-electron chi connectivity index (χ3n) is 3.42. The molecule has 2 aromatic heterocycles. The fraction of sp³-hybridized carbons (Fsp3) is 0.250. The third kappa shape index (κ3) is 2.61. The van der Waals surface area contributed by atoms with Crippen LogP contribution >= 0.6 is 15.9 Å². The lowest BCUT2D eigenvalue weighted by Gasteiger charge is -2.07. The first-order valence-electron chi connectivity index (χ1n) is 6.69. The molecule has 3 nitrogen and oxygen atoms in total. The van der Waals surface area contributed by atoms with Crippen molar-refractivity contribution in [1.29, 1.82) is 0 Å². The second-order valence-electron chi connectivity index (χ2n) is 5.26. The van der Waals surface area contributed by atoms with Crippen LogP contribution in [-0.2, 0) is 6.54 Å². The van der Waals surface area contributed by atoms with Gasteiger partial charge in [-0.05, 0) is 39.0 Å². The molecule has 0 spiro atoms. The minimum absolute atomic E-state index is 0.564. The van der Waals surface area contributed by atoms with Crippen LogP contribution in [0.3, 0.4) is 0 Å². The van der Waals surface area contributed by atoms with E-state index in [2.05, 4.69) is 64.1 Å². The number of halogens is 1. The van der Waals surface area contributed by atoms with Gasteiger partial charge in [0.2, 0.25) is 0 Å². The second-order valence-corrected chi connectivity index (χ2v) is 6.18. The lowest BCUT2D eigenvalue weighted by molar-refractivity contribution is 0.703. The van der Waals surface area contributed by atoms with Crippen LogP contribution in [0.1, 0.15) is 30.9 Å². The summed E-state index contributed by atoms with van der Waals surface area (Å²) in [5.74, 6) is 0.564. The van der Waals surface area contributed by atoms with Crippen molar-refractivity contribution in [2.75, 3.05) is 0 Å². The Labute approximate surface area is 126 Å². The number of hydrogen-bond donors (Lipinski definition) is 0. The van der Waals surface area contributed by atoms with Gasteiger partial charge in [0.1, 0.15) is 0 Å². The predicted molar refractivity (Wildman–Crippen MR) is 84.9 cm³/mol. The molecular formula is C16H16BrN3. The Morgan fingerprint density at radius 2 is 1.90 bits per heavy atom. The van der Waals surface area contributed by atoms with Gasteiger partial charge in [-0.3, -0.25) is 0 Å². The van der Waals surface area contributed by atoms with Crippen LogP contribution in [0.4, 0.5) is 0 Å². The van der Waals surface area contributed by atoms with Gasteiger partial charge in [-0.15, -0.1) is 0 Å². The molecule has 3 rings (SSSR count). The zero-order chi connectivity index (χ0) is 14.1. The van der Waals surface area contributed by atoms with E-state index in [1.165, 1.54) is 11.1 Å². The zero-order valence-electron chi connectivity index (χ0n) is 11.5. The van der Waals surface area contributed by atoms with Gasteiger partial charge in [-0.2, -0.15) is 5.10 Å². The third-order valence-corrected chi connectivity index (χ3v) is 3.85. The maximum absolute atomic E-state index is 4.44. The highest BCUT2D eigenvalue weighted by Gasteiger charge is 2.06. The molecule has 1 aromatic carbocycles. The first-order chi connectivity index (χ1) is 9.63. The van der Waals surface area contributed by atoms with Crippen molar-refractivity contribution in [3.63, 3.8) is 0 Å². The van der Waals surface area contributed by atoms with Crippen molar-refractivity contribution in [2.24, 2.45) is 0 Å². The van der Waals surface area contributed by atoms with Gasteiger partial charge in [0, 0.05) is 16.1 Å². The van der Waals surface area contributed by atoms with Gasteiger partial charge in [-0.1, -0.05) is 38.1 Å². The first-order valence-corrected chi connectivity index (χ1v) is 7.48. The van der Waals surface area contributed by atoms with E-state index in [4.69, 9.17) is 0 Å². The minimum Gasteiger partial charge on any atom is -0.243 e. The Balaban J connectivity index is 1.89. The summed E-state index contributed by atoms with van der Waals surface area (Å²) in [5.41, 5.74) is 3.52. The Kier molecular flexibility index (Phi) is 3.57. The van der Waals surface area contributed by atoms with Crippen molar-refractivity contribution >= 4 is 27.0 Å². The minimum atomic E-state index is 0.564. The number of nitrogens with zero attached hydrogens (tertiary/aromatic N) is 3. The number of benzene rings is 1. The van der Waals surface area contributed by atoms with E-state index in [9.17, 15) is 0 Å². The van der Waals surface area contributed by atoms with E-state index in [0.717, 1.165) is 22.1 Å². The van der Waals surface area contributed by atoms with Crippen LogP contribution in [0.2, 0.25) is 0 Å². The maximum Gasteiger partial charge on any atom is 0.158 e. The van der Waals surface area contributed by atoms with Gasteiger partial charge in [-0.25, -0.2) is 9.67 Å². The molecule has 102 valence electrons. The molecule has 20 heavy (non-hydrogen) atoms. The quantitative estimate of drug-likeness (QED) is 0.714. The second kappa shape index (κ2) is 5.37. The molecule has 0 aliphatic rings. The van der Waals surface area contributed by atoms with Crippen molar-refractivity contribution in [1.82, 2.24) is 14.8 Å². The van der Waals surface area contributed by atoms with E-state index in [1.54, 1.807) is 0 Å². The Bertz CT molecular complexity index is 729. The molecular weight excluding hydrogens is 314 g/mol. The Morgan fingerprint density at radius 3 is 2.60 bits per heavy atom. The lowest BCUT2D eigenvalue weighted by atomic mass is 10.0. The summed E-state index contributed by atoms with van der Waals surface area (Å²) in [6.45, 7) is 5.16. The lowest BCUT2D eigenvalue weighted by Crippen LogP contribution is -2.02. The van der Waals surface area contributed by atoms with Gasteiger partial charge in [0.25, 0.3) is 0 Å². The largest absolute Gasteiger partial charge is 0.243 e. The van der Waals surface area contributed by atoms with Gasteiger partial charge >= 0.3 is 0 Å². The molecule has 0 saturated carbocycles. The SMILES string of the molecule is CC(C)c1ccc(Cn2ncc3cc(Br)cnc32)cc1. The van der Waals surface area contributed by atoms with Crippen LogP contribution in [0, 0.1) is 0 Å². The number of pyridine rings is 1. The molecule has 0 fully saturated rings. The molecule has 3 aromatic rings. The number of rotatable bonds is 3. The number of aromatic nitrogens is 3. The molecule has 0 saturated heterocycles. The average molecular weight is 330 g/mol. The summed E-state index contributed by atoms with van der Waals surface area (Å²) in [6, 6.07) is 10.8. The van der Waals surface area contributed by atoms with E-state index < -0.39 is 0 Å². The molecule has 0 radical (unpaired) electrons. The summed E-state index contributed by atoms with van der Waals surface area (Å²) in [7, 11) is 0. The summed E-state index contributed by atoms with van der Waals surface area (Å²) in [4.78, 5) is 4.44. The van der Waals surface area contributed by atoms with Crippen molar-refractivity contribution in [3.05, 3.63) is 58.3 Å². The topological polar surface area (TPSA) is 30.7 Å². The average Bonchev–Trinajstić information content (AvgIpc) is 2.81. The van der Waals surface area contributed by atoms with E-state index >= 15 is 0 Å². The first kappa shape index (κ1) is 13.3. The molecule has 0 aliphatic heterocycles. The molecule has 0 bridgehead atoms. The molecule has 2 heterocycles. The van der Waals surface area contributed by atoms with Crippen LogP contribution in [0.25, 0.3) is 11.0 Å². The van der Waals surface area contributed by atoms with Gasteiger partial charge < -0.3 is 0 Å². The smallest absolute Gasteiger partial charge is 0.158 e. The molecule has 0 N–H and O–H groups in total. The van der Waals surface area contributed by atoms with Crippen LogP contribution in [-0.4, -0.2) is 14.8 Å². The molecule has 0 unspecified atom stereocenters. The summed E-state index contributed by atoms with van der Waals surface area (Å²) in [6.07, 6.45) is 3.66. The predicted octanol–water partition coefficient (Wildman–Crippen LogP) is 4.37. The molecule has 0 atom stereocenters. The van der Waals surface area contributed by atoms with E-state index in [-0.39, 0.29) is 0 Å². The Hall–Kier alpha value is -1.68. The van der Waals surface area contributed by atoms with Gasteiger partial charge in [0.15, 0.2) is 5.65 Å². The fourth-order valence-electron chi connectivity index (χ4n) is 2.24. The summed E-state index contributed by atoms with van der Waals surface area (Å²) < 4.78 is 2.91. The molecule has 0 aliphatic carbocycles. The van der Waals surface area contributed by atoms with Crippen LogP contribution < -0.4 is 0 Å². The van der Waals surface area contributed by atoms with Crippen molar-refractivity contribution in [2.45, 2.75) is 26.3 Å². The fourth-order valence-corrected chi connectivity index (χ4v) is 2.59. The van der Waals surface area contributed by atoms with E-state index in [0.29, 0.717) is 5.92 Å². The van der Waals surface area contributed by atoms with Crippen LogP contribution in [0.15, 0.2) is 47.2 Å². The number of hydrogen-bond acceptors (Lipinski definition) is 2. The zero-order valence-corrected chi connectivity index (χ0v) is 13.1. The van der Waals surface area contributed by atoms with Crippen LogP contribution in [0.5, 0.6) is 0 Å².